The second kappa shape index (κ2) is 6.83. The second-order valence-electron chi connectivity index (χ2n) is 6.26. The summed E-state index contributed by atoms with van der Waals surface area (Å²) in [4.78, 5) is 1.18. The maximum atomic E-state index is 14.7. The van der Waals surface area contributed by atoms with Crippen molar-refractivity contribution in [2.45, 2.75) is 20.8 Å². The predicted molar refractivity (Wildman–Crippen MR) is 95.2 cm³/mol. The van der Waals surface area contributed by atoms with Gasteiger partial charge in [-0.25, -0.2) is 17.6 Å². The minimum Gasteiger partial charge on any atom is -0.305 e. The third kappa shape index (κ3) is 3.17. The fourth-order valence-electron chi connectivity index (χ4n) is 2.73. The summed E-state index contributed by atoms with van der Waals surface area (Å²) in [5.74, 6) is -3.90. The van der Waals surface area contributed by atoms with Gasteiger partial charge >= 0.3 is 0 Å². The smallest absolute Gasteiger partial charge is 0.186 e. The van der Waals surface area contributed by atoms with Gasteiger partial charge in [-0.3, -0.25) is 0 Å². The lowest BCUT2D eigenvalue weighted by Crippen LogP contribution is -2.15. The summed E-state index contributed by atoms with van der Waals surface area (Å²) in [5.41, 5.74) is 1.20. The molecule has 0 radical (unpaired) electrons. The van der Waals surface area contributed by atoms with Gasteiger partial charge in [0, 0.05) is 11.4 Å². The molecule has 0 bridgehead atoms. The van der Waals surface area contributed by atoms with E-state index in [1.807, 2.05) is 6.92 Å². The Bertz CT molecular complexity index is 965. The Morgan fingerprint density at radius 1 is 0.615 bits per heavy atom. The van der Waals surface area contributed by atoms with Crippen LogP contribution in [0, 0.1) is 44.0 Å². The molecule has 0 aliphatic heterocycles. The van der Waals surface area contributed by atoms with Crippen molar-refractivity contribution in [2.24, 2.45) is 0 Å². The number of halogens is 4. The van der Waals surface area contributed by atoms with E-state index in [9.17, 15) is 17.6 Å². The quantitative estimate of drug-likeness (QED) is 0.374. The predicted octanol–water partition coefficient (Wildman–Crippen LogP) is 6.64. The van der Waals surface area contributed by atoms with E-state index in [-0.39, 0.29) is 11.3 Å². The van der Waals surface area contributed by atoms with Crippen LogP contribution in [-0.2, 0) is 0 Å². The van der Waals surface area contributed by atoms with Gasteiger partial charge in [0.15, 0.2) is 17.5 Å². The summed E-state index contributed by atoms with van der Waals surface area (Å²) in [6.45, 7) is 4.74. The van der Waals surface area contributed by atoms with Crippen molar-refractivity contribution in [3.05, 3.63) is 88.5 Å². The van der Waals surface area contributed by atoms with Crippen molar-refractivity contribution >= 4 is 17.1 Å². The maximum absolute atomic E-state index is 14.7. The van der Waals surface area contributed by atoms with Crippen LogP contribution in [0.4, 0.5) is 34.6 Å². The number of benzene rings is 3. The summed E-state index contributed by atoms with van der Waals surface area (Å²) >= 11 is 0. The van der Waals surface area contributed by atoms with Gasteiger partial charge in [0.05, 0.1) is 0 Å². The minimum atomic E-state index is -1.32. The molecule has 3 rings (SSSR count). The zero-order valence-corrected chi connectivity index (χ0v) is 14.6. The molecule has 0 N–H and O–H groups in total. The van der Waals surface area contributed by atoms with Crippen molar-refractivity contribution in [3.8, 4) is 0 Å². The van der Waals surface area contributed by atoms with Crippen LogP contribution < -0.4 is 4.90 Å². The van der Waals surface area contributed by atoms with Crippen LogP contribution in [0.15, 0.2) is 48.5 Å². The lowest BCUT2D eigenvalue weighted by molar-refractivity contribution is 0.491. The number of rotatable bonds is 3. The van der Waals surface area contributed by atoms with Gasteiger partial charge in [-0.15, -0.1) is 0 Å². The second-order valence-corrected chi connectivity index (χ2v) is 6.26. The van der Waals surface area contributed by atoms with E-state index in [0.29, 0.717) is 11.3 Å². The van der Waals surface area contributed by atoms with E-state index in [2.05, 4.69) is 0 Å². The van der Waals surface area contributed by atoms with Crippen molar-refractivity contribution < 1.29 is 17.6 Å². The van der Waals surface area contributed by atoms with E-state index in [1.54, 1.807) is 31.2 Å². The van der Waals surface area contributed by atoms with Gasteiger partial charge in [-0.1, -0.05) is 23.8 Å². The summed E-state index contributed by atoms with van der Waals surface area (Å²) in [6.07, 6.45) is 0. The number of hydrogen-bond donors (Lipinski definition) is 0. The third-order valence-electron chi connectivity index (χ3n) is 4.25. The zero-order valence-electron chi connectivity index (χ0n) is 14.6. The lowest BCUT2D eigenvalue weighted by atomic mass is 10.1. The molecule has 26 heavy (non-hydrogen) atoms. The number of aryl methyl sites for hydroxylation is 3. The highest BCUT2D eigenvalue weighted by molar-refractivity contribution is 5.77. The molecule has 3 aromatic carbocycles. The van der Waals surface area contributed by atoms with E-state index in [1.165, 1.54) is 30.0 Å². The molecule has 134 valence electrons. The first-order chi connectivity index (χ1) is 12.3. The fourth-order valence-corrected chi connectivity index (χ4v) is 2.73. The van der Waals surface area contributed by atoms with Gasteiger partial charge < -0.3 is 4.90 Å². The van der Waals surface area contributed by atoms with Gasteiger partial charge in [-0.2, -0.15) is 0 Å². The normalized spacial score (nSPS) is 10.9. The molecule has 0 spiro atoms. The van der Waals surface area contributed by atoms with Crippen LogP contribution in [0.1, 0.15) is 16.7 Å². The van der Waals surface area contributed by atoms with Crippen molar-refractivity contribution in [3.63, 3.8) is 0 Å². The summed E-state index contributed by atoms with van der Waals surface area (Å²) in [6, 6.07) is 11.9. The summed E-state index contributed by atoms with van der Waals surface area (Å²) in [5, 5.41) is 0. The molecule has 0 unspecified atom stereocenters. The van der Waals surface area contributed by atoms with E-state index < -0.39 is 29.0 Å². The number of nitrogens with zero attached hydrogens (tertiary/aromatic N) is 1. The monoisotopic (exact) mass is 359 g/mol. The molecule has 1 nitrogen and oxygen atoms in total. The topological polar surface area (TPSA) is 3.24 Å². The third-order valence-corrected chi connectivity index (χ3v) is 4.25. The Hall–Kier alpha value is -2.82. The first-order valence-electron chi connectivity index (χ1n) is 8.06. The first kappa shape index (κ1) is 18.0. The molecule has 0 fully saturated rings. The molecule has 0 heterocycles. The highest BCUT2D eigenvalue weighted by atomic mass is 19.2. The van der Waals surface area contributed by atoms with Crippen LogP contribution in [0.5, 0.6) is 0 Å². The molecule has 3 aromatic rings. The average Bonchev–Trinajstić information content (AvgIpc) is 2.60. The Kier molecular flexibility index (Phi) is 4.72. The molecular formula is C21H17F4N. The lowest BCUT2D eigenvalue weighted by Gasteiger charge is -2.27. The Morgan fingerprint density at radius 2 is 1.23 bits per heavy atom. The number of anilines is 3. The van der Waals surface area contributed by atoms with E-state index in [4.69, 9.17) is 0 Å². The van der Waals surface area contributed by atoms with Crippen molar-refractivity contribution in [1.82, 2.24) is 0 Å². The average molecular weight is 359 g/mol. The van der Waals surface area contributed by atoms with Gasteiger partial charge in [0.25, 0.3) is 0 Å². The molecule has 0 amide bonds. The summed E-state index contributed by atoms with van der Waals surface area (Å²) < 4.78 is 57.5. The first-order valence-corrected chi connectivity index (χ1v) is 8.06. The fraction of sp³-hybridized carbons (Fsp3) is 0.143. The van der Waals surface area contributed by atoms with E-state index >= 15 is 0 Å². The van der Waals surface area contributed by atoms with Crippen LogP contribution >= 0.6 is 0 Å². The van der Waals surface area contributed by atoms with Gasteiger partial charge in [-0.05, 0) is 62.2 Å². The molecule has 0 atom stereocenters. The Morgan fingerprint density at radius 3 is 1.85 bits per heavy atom. The largest absolute Gasteiger partial charge is 0.305 e. The van der Waals surface area contributed by atoms with E-state index in [0.717, 1.165) is 11.6 Å². The van der Waals surface area contributed by atoms with Crippen molar-refractivity contribution in [2.75, 3.05) is 4.90 Å². The molecular weight excluding hydrogens is 342 g/mol. The highest BCUT2D eigenvalue weighted by Gasteiger charge is 2.25. The molecule has 5 heteroatoms. The minimum absolute atomic E-state index is 0.136. The molecule has 0 aliphatic rings. The van der Waals surface area contributed by atoms with Gasteiger partial charge in [0.2, 0.25) is 0 Å². The highest BCUT2D eigenvalue weighted by Crippen LogP contribution is 2.39. The SMILES string of the molecule is Cc1ccc(N(c2ccc(C)c(F)c2)c2c(F)cc(C)c(F)c2F)cc1. The van der Waals surface area contributed by atoms with Crippen LogP contribution in [0.2, 0.25) is 0 Å². The van der Waals surface area contributed by atoms with Gasteiger partial charge in [0.1, 0.15) is 11.5 Å². The van der Waals surface area contributed by atoms with Crippen molar-refractivity contribution in [1.29, 1.82) is 0 Å². The van der Waals surface area contributed by atoms with Crippen LogP contribution in [0.3, 0.4) is 0 Å². The molecule has 0 saturated carbocycles. The molecule has 0 aromatic heterocycles. The summed E-state index contributed by atoms with van der Waals surface area (Å²) in [7, 11) is 0. The molecule has 0 aliphatic carbocycles. The maximum Gasteiger partial charge on any atom is 0.186 e. The molecule has 0 saturated heterocycles. The Labute approximate surface area is 149 Å². The van der Waals surface area contributed by atoms with Crippen LogP contribution in [-0.4, -0.2) is 0 Å². The zero-order chi connectivity index (χ0) is 19.0. The standard InChI is InChI=1S/C21H17F4N/c1-12-4-7-15(8-5-12)26(16-9-6-13(2)17(22)11-16)21-18(23)10-14(3)19(24)20(21)25/h4-11H,1-3H3. The number of hydrogen-bond acceptors (Lipinski definition) is 1. The Balaban J connectivity index is 2.30. The van der Waals surface area contributed by atoms with Crippen LogP contribution in [0.25, 0.3) is 0 Å².